The Hall–Kier alpha value is -5.16. The van der Waals surface area contributed by atoms with Gasteiger partial charge in [-0.2, -0.15) is 0 Å². The average Bonchev–Trinajstić information content (AvgIpc) is 3.06. The molecule has 1 aliphatic heterocycles. The number of amides is 2. The topological polar surface area (TPSA) is 134 Å². The number of nitrogens with one attached hydrogen (secondary N) is 3. The zero-order valence-electron chi connectivity index (χ0n) is 26.9. The number of carbonyl (C=O) groups is 3. The first-order valence-corrected chi connectivity index (χ1v) is 15.4. The first-order valence-electron chi connectivity index (χ1n) is 15.4. The average molecular weight is 640 g/mol. The third kappa shape index (κ3) is 7.15. The van der Waals surface area contributed by atoms with Gasteiger partial charge in [0.1, 0.15) is 11.5 Å². The first-order chi connectivity index (χ1) is 22.4. The second-order valence-corrected chi connectivity index (χ2v) is 12.6. The minimum Gasteiger partial charge on any atom is -0.378 e. The lowest BCUT2D eigenvalue weighted by molar-refractivity contribution is -0.131. The minimum atomic E-state index is -0.798. The second-order valence-electron chi connectivity index (χ2n) is 12.6. The molecule has 0 unspecified atom stereocenters. The van der Waals surface area contributed by atoms with E-state index < -0.39 is 17.1 Å². The van der Waals surface area contributed by atoms with Gasteiger partial charge in [-0.1, -0.05) is 39.0 Å². The summed E-state index contributed by atoms with van der Waals surface area (Å²) in [4.78, 5) is 53.6. The van der Waals surface area contributed by atoms with Gasteiger partial charge in [0.2, 0.25) is 5.91 Å². The Balaban J connectivity index is 1.42. The van der Waals surface area contributed by atoms with E-state index in [0.29, 0.717) is 67.7 Å². The molecule has 1 saturated heterocycles. The summed E-state index contributed by atoms with van der Waals surface area (Å²) in [5, 5.41) is 13.7. The smallest absolute Gasteiger partial charge is 0.273 e. The van der Waals surface area contributed by atoms with Crippen molar-refractivity contribution in [1.82, 2.24) is 9.47 Å². The van der Waals surface area contributed by atoms with Gasteiger partial charge in [-0.25, -0.2) is 4.39 Å². The summed E-state index contributed by atoms with van der Waals surface area (Å²) >= 11 is 0. The summed E-state index contributed by atoms with van der Waals surface area (Å²) in [6.45, 7) is 7.91. The lowest BCUT2D eigenvalue weighted by Crippen LogP contribution is -2.41. The van der Waals surface area contributed by atoms with Crippen LogP contribution in [0, 0.1) is 11.2 Å². The van der Waals surface area contributed by atoms with Crippen LogP contribution in [0.2, 0.25) is 0 Å². The van der Waals surface area contributed by atoms with Gasteiger partial charge in [0.25, 0.3) is 11.5 Å². The number of anilines is 2. The Morgan fingerprint density at radius 3 is 2.43 bits per heavy atom. The van der Waals surface area contributed by atoms with Crippen molar-refractivity contribution in [2.45, 2.75) is 39.0 Å². The number of allylic oxidation sites excluding steroid dienone is 3. The number of aromatic nitrogens is 1. The molecule has 1 fully saturated rings. The zero-order valence-corrected chi connectivity index (χ0v) is 26.9. The van der Waals surface area contributed by atoms with Crippen LogP contribution in [0.4, 0.5) is 15.8 Å². The zero-order chi connectivity index (χ0) is 33.9. The van der Waals surface area contributed by atoms with Gasteiger partial charge < -0.3 is 30.2 Å². The van der Waals surface area contributed by atoms with Crippen LogP contribution in [-0.2, 0) is 22.0 Å². The van der Waals surface area contributed by atoms with Gasteiger partial charge in [-0.3, -0.25) is 19.2 Å². The number of hydrogen-bond acceptors (Lipinski definition) is 7. The molecule has 2 aliphatic rings. The van der Waals surface area contributed by atoms with Crippen molar-refractivity contribution in [2.24, 2.45) is 7.05 Å². The Labute approximate surface area is 272 Å². The largest absolute Gasteiger partial charge is 0.378 e. The van der Waals surface area contributed by atoms with Gasteiger partial charge in [0.05, 0.1) is 24.5 Å². The molecule has 2 heterocycles. The van der Waals surface area contributed by atoms with Gasteiger partial charge >= 0.3 is 0 Å². The van der Waals surface area contributed by atoms with E-state index in [9.17, 15) is 19.2 Å². The molecule has 2 aromatic carbocycles. The standard InChI is InChI=1S/C36H38FN5O5/c1-36(2,3)25-16-23(19-38)32(29(37)18-25)33(44)40-30-7-5-6-27(28(30)21-43)24-17-31(35(46)41(4)20-24)39-26-10-8-22(9-11-26)34(45)42-12-14-47-15-13-42/h5-8,10,16-21,38-39H,9,11-15H2,1-4H3,(H,40,44). The molecule has 11 heteroatoms. The molecule has 2 amide bonds. The molecule has 0 bridgehead atoms. The lowest BCUT2D eigenvalue weighted by Gasteiger charge is -2.28. The Morgan fingerprint density at radius 2 is 1.79 bits per heavy atom. The predicted molar refractivity (Wildman–Crippen MR) is 180 cm³/mol. The van der Waals surface area contributed by atoms with Crippen molar-refractivity contribution in [2.75, 3.05) is 36.9 Å². The molecule has 1 aromatic heterocycles. The van der Waals surface area contributed by atoms with Crippen LogP contribution in [0.5, 0.6) is 0 Å². The van der Waals surface area contributed by atoms with E-state index in [0.717, 1.165) is 11.9 Å². The molecule has 0 atom stereocenters. The molecule has 10 nitrogen and oxygen atoms in total. The number of morpholine rings is 1. The Bertz CT molecular complexity index is 1880. The normalized spacial score (nSPS) is 15.0. The minimum absolute atomic E-state index is 0.00594. The summed E-state index contributed by atoms with van der Waals surface area (Å²) in [6.07, 6.45) is 7.75. The van der Waals surface area contributed by atoms with Crippen LogP contribution in [0.3, 0.4) is 0 Å². The number of nitrogens with zero attached hydrogens (tertiary/aromatic N) is 2. The number of hydrogen-bond donors (Lipinski definition) is 3. The van der Waals surface area contributed by atoms with E-state index >= 15 is 4.39 Å². The number of benzene rings is 2. The van der Waals surface area contributed by atoms with Crippen molar-refractivity contribution in [3.8, 4) is 11.1 Å². The Morgan fingerprint density at radius 1 is 1.04 bits per heavy atom. The van der Waals surface area contributed by atoms with Gasteiger partial charge in [0, 0.05) is 60.5 Å². The van der Waals surface area contributed by atoms with Crippen molar-refractivity contribution in [3.05, 3.63) is 104 Å². The molecule has 0 spiro atoms. The number of rotatable bonds is 8. The van der Waals surface area contributed by atoms with Crippen LogP contribution in [0.1, 0.15) is 65.5 Å². The van der Waals surface area contributed by atoms with Gasteiger partial charge in [-0.05, 0) is 59.7 Å². The molecule has 0 saturated carbocycles. The number of aryl methyl sites for hydroxylation is 1. The molecule has 244 valence electrons. The third-order valence-electron chi connectivity index (χ3n) is 8.35. The summed E-state index contributed by atoms with van der Waals surface area (Å²) in [5.41, 5.74) is 2.78. The maximum absolute atomic E-state index is 15.3. The quantitative estimate of drug-likeness (QED) is 0.223. The highest BCUT2D eigenvalue weighted by Gasteiger charge is 2.25. The van der Waals surface area contributed by atoms with Crippen LogP contribution in [0.25, 0.3) is 11.1 Å². The van der Waals surface area contributed by atoms with E-state index in [1.165, 1.54) is 16.7 Å². The molecule has 0 radical (unpaired) electrons. The molecule has 3 aromatic rings. The number of carbonyl (C=O) groups excluding carboxylic acids is 3. The molecule has 5 rings (SSSR count). The Kier molecular flexibility index (Phi) is 9.67. The van der Waals surface area contributed by atoms with E-state index in [1.807, 2.05) is 20.8 Å². The molecule has 47 heavy (non-hydrogen) atoms. The van der Waals surface area contributed by atoms with E-state index in [2.05, 4.69) is 10.6 Å². The van der Waals surface area contributed by atoms with E-state index in [4.69, 9.17) is 10.1 Å². The van der Waals surface area contributed by atoms with Crippen LogP contribution in [0.15, 0.2) is 70.8 Å². The number of aldehydes is 1. The summed E-state index contributed by atoms with van der Waals surface area (Å²) in [5.74, 6) is -1.57. The van der Waals surface area contributed by atoms with Crippen LogP contribution in [-0.4, -0.2) is 60.1 Å². The first kappa shape index (κ1) is 33.2. The van der Waals surface area contributed by atoms with Crippen molar-refractivity contribution < 1.29 is 23.5 Å². The van der Waals surface area contributed by atoms with Crippen molar-refractivity contribution in [1.29, 1.82) is 5.41 Å². The van der Waals surface area contributed by atoms with E-state index in [-0.39, 0.29) is 39.5 Å². The van der Waals surface area contributed by atoms with E-state index in [1.54, 1.807) is 54.6 Å². The second kappa shape index (κ2) is 13.7. The highest BCUT2D eigenvalue weighted by Crippen LogP contribution is 2.31. The molecular weight excluding hydrogens is 601 g/mol. The monoisotopic (exact) mass is 639 g/mol. The summed E-state index contributed by atoms with van der Waals surface area (Å²) in [6, 6.07) is 9.41. The van der Waals surface area contributed by atoms with Gasteiger partial charge in [-0.15, -0.1) is 0 Å². The van der Waals surface area contributed by atoms with Gasteiger partial charge in [0.15, 0.2) is 6.29 Å². The third-order valence-corrected chi connectivity index (χ3v) is 8.35. The highest BCUT2D eigenvalue weighted by atomic mass is 19.1. The maximum atomic E-state index is 15.3. The summed E-state index contributed by atoms with van der Waals surface area (Å²) in [7, 11) is 1.60. The predicted octanol–water partition coefficient (Wildman–Crippen LogP) is 5.43. The van der Waals surface area contributed by atoms with Crippen molar-refractivity contribution in [3.63, 3.8) is 0 Å². The fourth-order valence-corrected chi connectivity index (χ4v) is 5.66. The maximum Gasteiger partial charge on any atom is 0.273 e. The molecule has 3 N–H and O–H groups in total. The van der Waals surface area contributed by atoms with Crippen LogP contribution >= 0.6 is 0 Å². The lowest BCUT2D eigenvalue weighted by atomic mass is 9.85. The number of pyridine rings is 1. The molecule has 1 aliphatic carbocycles. The fourth-order valence-electron chi connectivity index (χ4n) is 5.66. The fraction of sp³-hybridized carbons (Fsp3) is 0.306. The number of halogens is 1. The summed E-state index contributed by atoms with van der Waals surface area (Å²) < 4.78 is 22.0. The van der Waals surface area contributed by atoms with Crippen LogP contribution < -0.4 is 16.2 Å². The SMILES string of the molecule is Cn1cc(-c2cccc(NC(=O)c3c(F)cc(C(C)(C)C)cc3C=N)c2C=O)cc(NC2=CC=C(C(=O)N3CCOCC3)CC2)c1=O. The molecular formula is C36H38FN5O5. The highest BCUT2D eigenvalue weighted by molar-refractivity contribution is 6.11. The van der Waals surface area contributed by atoms with Crippen molar-refractivity contribution >= 4 is 35.7 Å². The number of ether oxygens (including phenoxy) is 1.